The molecule has 1 heterocycles. The van der Waals surface area contributed by atoms with Crippen LogP contribution in [-0.2, 0) is 9.59 Å². The molecule has 0 bridgehead atoms. The number of nitro benzene ring substituents is 2. The van der Waals surface area contributed by atoms with E-state index in [2.05, 4.69) is 5.32 Å². The zero-order chi connectivity index (χ0) is 29.3. The molecule has 3 aromatic carbocycles. The van der Waals surface area contributed by atoms with Crippen molar-refractivity contribution in [3.63, 3.8) is 0 Å². The monoisotopic (exact) mass is 586 g/mol. The molecule has 1 aliphatic rings. The number of anilines is 1. The highest BCUT2D eigenvalue weighted by Gasteiger charge is 2.37. The number of amides is 4. The van der Waals surface area contributed by atoms with Gasteiger partial charge in [0.2, 0.25) is 5.75 Å². The predicted molar refractivity (Wildman–Crippen MR) is 143 cm³/mol. The number of nitro groups is 2. The summed E-state index contributed by atoms with van der Waals surface area (Å²) in [4.78, 5) is 60.0. The smallest absolute Gasteiger partial charge is 0.335 e. The van der Waals surface area contributed by atoms with Crippen molar-refractivity contribution in [1.29, 1.82) is 0 Å². The van der Waals surface area contributed by atoms with Crippen LogP contribution in [0.4, 0.5) is 21.9 Å². The molecule has 15 heteroatoms. The molecule has 0 radical (unpaired) electrons. The fraction of sp³-hybridized carbons (Fsp3) is 0.0800. The SMILES string of the molecule is COc1cc(/C=C2\C(=O)NC(=O)N(c3cccc(Cl)c3C)C2=O)cc(Cl)c1Oc1ccc([N+](=O)[O-])cc1[N+](=O)[O-]. The first-order valence-corrected chi connectivity index (χ1v) is 11.8. The fourth-order valence-corrected chi connectivity index (χ4v) is 4.19. The summed E-state index contributed by atoms with van der Waals surface area (Å²) in [7, 11) is 1.25. The lowest BCUT2D eigenvalue weighted by Crippen LogP contribution is -2.54. The summed E-state index contributed by atoms with van der Waals surface area (Å²) >= 11 is 12.5. The van der Waals surface area contributed by atoms with E-state index in [9.17, 15) is 34.6 Å². The third kappa shape index (κ3) is 5.28. The molecular weight excluding hydrogens is 571 g/mol. The summed E-state index contributed by atoms with van der Waals surface area (Å²) in [5, 5.41) is 24.8. The highest BCUT2D eigenvalue weighted by Crippen LogP contribution is 2.43. The number of benzene rings is 3. The molecule has 0 aromatic heterocycles. The van der Waals surface area contributed by atoms with Gasteiger partial charge in [0, 0.05) is 11.1 Å². The van der Waals surface area contributed by atoms with E-state index in [0.29, 0.717) is 10.6 Å². The molecule has 0 unspecified atom stereocenters. The lowest BCUT2D eigenvalue weighted by molar-refractivity contribution is -0.394. The third-order valence-corrected chi connectivity index (χ3v) is 6.40. The van der Waals surface area contributed by atoms with Gasteiger partial charge in [-0.1, -0.05) is 29.3 Å². The number of non-ortho nitro benzene ring substituents is 1. The standard InChI is InChI=1S/C25H16Cl2N4O9/c1-12-16(26)4-3-5-18(12)29-24(33)15(23(32)28-25(29)34)8-13-9-17(27)22(21(10-13)39-2)40-20-7-6-14(30(35)36)11-19(20)31(37)38/h3-11H,1-2H3,(H,28,32,34)/b15-8+. The molecule has 204 valence electrons. The molecule has 1 saturated heterocycles. The van der Waals surface area contributed by atoms with Crippen LogP contribution in [0.15, 0.2) is 54.1 Å². The molecule has 1 aliphatic heterocycles. The van der Waals surface area contributed by atoms with Crippen LogP contribution in [0.1, 0.15) is 11.1 Å². The average molecular weight is 587 g/mol. The highest BCUT2D eigenvalue weighted by molar-refractivity contribution is 6.40. The van der Waals surface area contributed by atoms with Crippen LogP contribution in [0.25, 0.3) is 6.08 Å². The zero-order valence-corrected chi connectivity index (χ0v) is 22.0. The number of halogens is 2. The Bertz CT molecular complexity index is 1660. The number of ether oxygens (including phenoxy) is 2. The first-order valence-electron chi connectivity index (χ1n) is 11.1. The maximum Gasteiger partial charge on any atom is 0.335 e. The second-order valence-electron chi connectivity index (χ2n) is 8.14. The lowest BCUT2D eigenvalue weighted by Gasteiger charge is -2.27. The Labute approximate surface area is 234 Å². The van der Waals surface area contributed by atoms with Crippen molar-refractivity contribution < 1.29 is 33.7 Å². The Morgan fingerprint density at radius 2 is 1.68 bits per heavy atom. The molecule has 1 N–H and O–H groups in total. The number of methoxy groups -OCH3 is 1. The minimum absolute atomic E-state index is 0.0470. The van der Waals surface area contributed by atoms with Gasteiger partial charge >= 0.3 is 11.7 Å². The first kappa shape index (κ1) is 28.0. The van der Waals surface area contributed by atoms with E-state index < -0.39 is 44.6 Å². The number of hydrogen-bond donors (Lipinski definition) is 1. The minimum Gasteiger partial charge on any atom is -0.493 e. The number of rotatable bonds is 7. The summed E-state index contributed by atoms with van der Waals surface area (Å²) in [6.07, 6.45) is 1.17. The molecule has 0 saturated carbocycles. The summed E-state index contributed by atoms with van der Waals surface area (Å²) < 4.78 is 10.9. The molecule has 0 spiro atoms. The summed E-state index contributed by atoms with van der Waals surface area (Å²) in [5.74, 6) is -2.45. The van der Waals surface area contributed by atoms with Crippen molar-refractivity contribution in [2.45, 2.75) is 6.92 Å². The number of imide groups is 2. The van der Waals surface area contributed by atoms with Gasteiger partial charge in [-0.2, -0.15) is 0 Å². The van der Waals surface area contributed by atoms with Crippen molar-refractivity contribution in [2.24, 2.45) is 0 Å². The van der Waals surface area contributed by atoms with E-state index in [1.54, 1.807) is 19.1 Å². The van der Waals surface area contributed by atoms with E-state index in [0.717, 1.165) is 23.1 Å². The van der Waals surface area contributed by atoms with Gasteiger partial charge in [0.25, 0.3) is 17.5 Å². The molecule has 40 heavy (non-hydrogen) atoms. The van der Waals surface area contributed by atoms with Crippen molar-refractivity contribution in [3.05, 3.63) is 95.5 Å². The van der Waals surface area contributed by atoms with Crippen LogP contribution in [0, 0.1) is 27.2 Å². The number of barbiturate groups is 1. The number of carbonyl (C=O) groups excluding carboxylic acids is 3. The van der Waals surface area contributed by atoms with E-state index in [-0.39, 0.29) is 33.5 Å². The maximum absolute atomic E-state index is 13.3. The third-order valence-electron chi connectivity index (χ3n) is 5.71. The van der Waals surface area contributed by atoms with Gasteiger partial charge in [0.1, 0.15) is 5.57 Å². The Hall–Kier alpha value is -5.01. The quantitative estimate of drug-likeness (QED) is 0.160. The van der Waals surface area contributed by atoms with Crippen LogP contribution >= 0.6 is 23.2 Å². The van der Waals surface area contributed by atoms with Crippen LogP contribution in [0.5, 0.6) is 17.2 Å². The van der Waals surface area contributed by atoms with E-state index in [1.165, 1.54) is 31.4 Å². The van der Waals surface area contributed by atoms with Crippen molar-refractivity contribution >= 4 is 64.2 Å². The number of carbonyl (C=O) groups is 3. The van der Waals surface area contributed by atoms with Gasteiger partial charge < -0.3 is 9.47 Å². The molecule has 1 fully saturated rings. The van der Waals surface area contributed by atoms with Gasteiger partial charge in [-0.25, -0.2) is 9.69 Å². The number of urea groups is 1. The van der Waals surface area contributed by atoms with Crippen LogP contribution in [0.3, 0.4) is 0 Å². The Kier molecular flexibility index (Phi) is 7.70. The topological polar surface area (TPSA) is 171 Å². The van der Waals surface area contributed by atoms with Gasteiger partial charge in [0.05, 0.1) is 33.7 Å². The second-order valence-corrected chi connectivity index (χ2v) is 8.96. The van der Waals surface area contributed by atoms with E-state index in [4.69, 9.17) is 32.7 Å². The molecular formula is C25H16Cl2N4O9. The van der Waals surface area contributed by atoms with Gasteiger partial charge in [0.15, 0.2) is 11.5 Å². The maximum atomic E-state index is 13.3. The summed E-state index contributed by atoms with van der Waals surface area (Å²) in [6.45, 7) is 1.61. The van der Waals surface area contributed by atoms with Gasteiger partial charge in [-0.3, -0.25) is 35.1 Å². The molecule has 0 aliphatic carbocycles. The molecule has 0 atom stereocenters. The first-order chi connectivity index (χ1) is 18.9. The largest absolute Gasteiger partial charge is 0.493 e. The average Bonchev–Trinajstić information content (AvgIpc) is 2.90. The molecule has 13 nitrogen and oxygen atoms in total. The van der Waals surface area contributed by atoms with Crippen molar-refractivity contribution in [3.8, 4) is 17.2 Å². The number of hydrogen-bond acceptors (Lipinski definition) is 9. The second kappa shape index (κ2) is 11.0. The lowest BCUT2D eigenvalue weighted by atomic mass is 10.1. The van der Waals surface area contributed by atoms with Crippen molar-refractivity contribution in [2.75, 3.05) is 12.0 Å². The Morgan fingerprint density at radius 1 is 0.950 bits per heavy atom. The number of nitrogens with zero attached hydrogens (tertiary/aromatic N) is 3. The van der Waals surface area contributed by atoms with Crippen LogP contribution < -0.4 is 19.7 Å². The Balaban J connectivity index is 1.74. The normalized spacial score (nSPS) is 14.2. The molecule has 4 rings (SSSR count). The van der Waals surface area contributed by atoms with E-state index >= 15 is 0 Å². The summed E-state index contributed by atoms with van der Waals surface area (Å²) in [5.41, 5.74) is -0.816. The number of nitrogens with one attached hydrogen (secondary N) is 1. The fourth-order valence-electron chi connectivity index (χ4n) is 3.76. The highest BCUT2D eigenvalue weighted by atomic mass is 35.5. The Morgan fingerprint density at radius 3 is 2.33 bits per heavy atom. The zero-order valence-electron chi connectivity index (χ0n) is 20.5. The van der Waals surface area contributed by atoms with Crippen LogP contribution in [-0.4, -0.2) is 34.8 Å². The van der Waals surface area contributed by atoms with Gasteiger partial charge in [-0.15, -0.1) is 0 Å². The molecule has 4 amide bonds. The van der Waals surface area contributed by atoms with Crippen LogP contribution in [0.2, 0.25) is 10.0 Å². The predicted octanol–water partition coefficient (Wildman–Crippen LogP) is 5.59. The summed E-state index contributed by atoms with van der Waals surface area (Å²) in [6, 6.07) is 9.07. The minimum atomic E-state index is -0.957. The molecule has 3 aromatic rings. The van der Waals surface area contributed by atoms with E-state index in [1.807, 2.05) is 0 Å². The van der Waals surface area contributed by atoms with Gasteiger partial charge in [-0.05, 0) is 54.5 Å². The van der Waals surface area contributed by atoms with Crippen molar-refractivity contribution in [1.82, 2.24) is 5.32 Å².